The second-order valence-electron chi connectivity index (χ2n) is 6.52. The van der Waals surface area contributed by atoms with Crippen molar-refractivity contribution in [1.82, 2.24) is 10.2 Å². The predicted octanol–water partition coefficient (Wildman–Crippen LogP) is 1.88. The van der Waals surface area contributed by atoms with Gasteiger partial charge in [-0.3, -0.25) is 4.90 Å². The Morgan fingerprint density at radius 3 is 2.59 bits per heavy atom. The van der Waals surface area contributed by atoms with Gasteiger partial charge < -0.3 is 10.1 Å². The molecule has 1 unspecified atom stereocenters. The molecule has 100 valence electrons. The molecule has 0 saturated carbocycles. The molecule has 0 aromatic heterocycles. The summed E-state index contributed by atoms with van der Waals surface area (Å²) in [7, 11) is 2.06. The van der Waals surface area contributed by atoms with Crippen molar-refractivity contribution < 1.29 is 4.74 Å². The number of ether oxygens (including phenoxy) is 1. The number of rotatable bonds is 4. The van der Waals surface area contributed by atoms with Crippen LogP contribution in [0.15, 0.2) is 0 Å². The van der Waals surface area contributed by atoms with Crippen molar-refractivity contribution in [2.45, 2.75) is 45.1 Å². The molecule has 2 heterocycles. The van der Waals surface area contributed by atoms with E-state index in [4.69, 9.17) is 4.74 Å². The summed E-state index contributed by atoms with van der Waals surface area (Å²) in [6, 6.07) is 0. The molecule has 2 fully saturated rings. The zero-order valence-corrected chi connectivity index (χ0v) is 11.7. The van der Waals surface area contributed by atoms with E-state index in [-0.39, 0.29) is 0 Å². The van der Waals surface area contributed by atoms with E-state index in [1.807, 2.05) is 0 Å². The molecule has 0 bridgehead atoms. The Morgan fingerprint density at radius 2 is 2.06 bits per heavy atom. The van der Waals surface area contributed by atoms with E-state index in [0.29, 0.717) is 11.0 Å². The van der Waals surface area contributed by atoms with Crippen LogP contribution in [0.2, 0.25) is 0 Å². The monoisotopic (exact) mass is 240 g/mol. The van der Waals surface area contributed by atoms with E-state index in [1.54, 1.807) is 0 Å². The number of likely N-dealkylation sites (tertiary alicyclic amines) is 1. The number of nitrogens with zero attached hydrogens (tertiary/aromatic N) is 1. The highest BCUT2D eigenvalue weighted by Gasteiger charge is 2.40. The van der Waals surface area contributed by atoms with E-state index < -0.39 is 0 Å². The number of hydrogen-bond acceptors (Lipinski definition) is 3. The Hall–Kier alpha value is -0.120. The van der Waals surface area contributed by atoms with Gasteiger partial charge in [-0.2, -0.15) is 0 Å². The molecular weight excluding hydrogens is 212 g/mol. The summed E-state index contributed by atoms with van der Waals surface area (Å²) in [5.74, 6) is 0. The van der Waals surface area contributed by atoms with Crippen LogP contribution in [0.4, 0.5) is 0 Å². The molecule has 2 saturated heterocycles. The molecule has 0 spiro atoms. The van der Waals surface area contributed by atoms with Crippen LogP contribution in [0.25, 0.3) is 0 Å². The van der Waals surface area contributed by atoms with Crippen molar-refractivity contribution in [3.05, 3.63) is 0 Å². The lowest BCUT2D eigenvalue weighted by Crippen LogP contribution is -2.52. The molecule has 0 amide bonds. The van der Waals surface area contributed by atoms with Crippen molar-refractivity contribution in [1.29, 1.82) is 0 Å². The minimum Gasteiger partial charge on any atom is -0.381 e. The Balaban J connectivity index is 2.01. The first kappa shape index (κ1) is 13.3. The topological polar surface area (TPSA) is 24.5 Å². The van der Waals surface area contributed by atoms with E-state index >= 15 is 0 Å². The van der Waals surface area contributed by atoms with Crippen LogP contribution in [0.3, 0.4) is 0 Å². The predicted molar refractivity (Wildman–Crippen MR) is 71.3 cm³/mol. The average Bonchev–Trinajstić information content (AvgIpc) is 2.60. The third-order valence-electron chi connectivity index (χ3n) is 4.55. The lowest BCUT2D eigenvalue weighted by atomic mass is 9.81. The van der Waals surface area contributed by atoms with Crippen molar-refractivity contribution >= 4 is 0 Å². The Morgan fingerprint density at radius 1 is 1.24 bits per heavy atom. The fourth-order valence-corrected chi connectivity index (χ4v) is 3.47. The SMILES string of the molecule is CNCC1(CN2CCCC2(C)C)CCCOC1. The molecule has 3 nitrogen and oxygen atoms in total. The smallest absolute Gasteiger partial charge is 0.0546 e. The van der Waals surface area contributed by atoms with Gasteiger partial charge in [0.15, 0.2) is 0 Å². The zero-order chi connectivity index (χ0) is 12.4. The third-order valence-corrected chi connectivity index (χ3v) is 4.55. The molecule has 3 heteroatoms. The van der Waals surface area contributed by atoms with Gasteiger partial charge in [-0.25, -0.2) is 0 Å². The Labute approximate surface area is 106 Å². The summed E-state index contributed by atoms with van der Waals surface area (Å²) in [6.07, 6.45) is 5.21. The number of nitrogens with one attached hydrogen (secondary N) is 1. The van der Waals surface area contributed by atoms with E-state index in [2.05, 4.69) is 31.1 Å². The molecule has 1 atom stereocenters. The second kappa shape index (κ2) is 5.25. The maximum atomic E-state index is 5.75. The molecule has 2 rings (SSSR count). The maximum absolute atomic E-state index is 5.75. The zero-order valence-electron chi connectivity index (χ0n) is 11.7. The van der Waals surface area contributed by atoms with Gasteiger partial charge in [-0.05, 0) is 53.1 Å². The fraction of sp³-hybridized carbons (Fsp3) is 1.00. The Bertz CT molecular complexity index is 241. The molecule has 2 aliphatic rings. The lowest BCUT2D eigenvalue weighted by molar-refractivity contribution is -0.0344. The summed E-state index contributed by atoms with van der Waals surface area (Å²) >= 11 is 0. The first-order valence-corrected chi connectivity index (χ1v) is 7.05. The van der Waals surface area contributed by atoms with Gasteiger partial charge in [0.05, 0.1) is 6.61 Å². The van der Waals surface area contributed by atoms with Crippen LogP contribution in [-0.2, 0) is 4.74 Å². The molecule has 0 radical (unpaired) electrons. The van der Waals surface area contributed by atoms with E-state index in [1.165, 1.54) is 38.8 Å². The van der Waals surface area contributed by atoms with Gasteiger partial charge >= 0.3 is 0 Å². The van der Waals surface area contributed by atoms with Crippen LogP contribution in [0.5, 0.6) is 0 Å². The highest BCUT2D eigenvalue weighted by molar-refractivity contribution is 4.94. The van der Waals surface area contributed by atoms with E-state index in [9.17, 15) is 0 Å². The third kappa shape index (κ3) is 3.01. The minimum absolute atomic E-state index is 0.342. The molecule has 2 aliphatic heterocycles. The largest absolute Gasteiger partial charge is 0.381 e. The Kier molecular flexibility index (Phi) is 4.11. The molecule has 0 aliphatic carbocycles. The lowest BCUT2D eigenvalue weighted by Gasteiger charge is -2.43. The summed E-state index contributed by atoms with van der Waals surface area (Å²) < 4.78 is 5.75. The van der Waals surface area contributed by atoms with Crippen molar-refractivity contribution in [3.63, 3.8) is 0 Å². The fourth-order valence-electron chi connectivity index (χ4n) is 3.47. The summed E-state index contributed by atoms with van der Waals surface area (Å²) in [5, 5.41) is 3.37. The molecule has 0 aromatic rings. The average molecular weight is 240 g/mol. The summed E-state index contributed by atoms with van der Waals surface area (Å²) in [4.78, 5) is 2.68. The van der Waals surface area contributed by atoms with Crippen LogP contribution in [0, 0.1) is 5.41 Å². The van der Waals surface area contributed by atoms with Crippen molar-refractivity contribution in [2.75, 3.05) is 39.9 Å². The highest BCUT2D eigenvalue weighted by Crippen LogP contribution is 2.35. The minimum atomic E-state index is 0.342. The molecular formula is C14H28N2O. The van der Waals surface area contributed by atoms with Gasteiger partial charge in [-0.1, -0.05) is 0 Å². The molecule has 17 heavy (non-hydrogen) atoms. The van der Waals surface area contributed by atoms with Crippen LogP contribution < -0.4 is 5.32 Å². The normalized spacial score (nSPS) is 34.1. The van der Waals surface area contributed by atoms with Crippen LogP contribution in [-0.4, -0.2) is 50.3 Å². The highest BCUT2D eigenvalue weighted by atomic mass is 16.5. The number of hydrogen-bond donors (Lipinski definition) is 1. The molecule has 1 N–H and O–H groups in total. The quantitative estimate of drug-likeness (QED) is 0.812. The first-order valence-electron chi connectivity index (χ1n) is 7.05. The van der Waals surface area contributed by atoms with Crippen LogP contribution >= 0.6 is 0 Å². The van der Waals surface area contributed by atoms with Crippen molar-refractivity contribution in [2.24, 2.45) is 5.41 Å². The first-order chi connectivity index (χ1) is 8.08. The van der Waals surface area contributed by atoms with E-state index in [0.717, 1.165) is 19.8 Å². The van der Waals surface area contributed by atoms with Gasteiger partial charge in [-0.15, -0.1) is 0 Å². The standard InChI is InChI=1S/C14H28N2O/c1-13(2)6-4-8-16(13)11-14(10-15-3)7-5-9-17-12-14/h15H,4-12H2,1-3H3. The van der Waals surface area contributed by atoms with Crippen LogP contribution in [0.1, 0.15) is 39.5 Å². The van der Waals surface area contributed by atoms with Gasteiger partial charge in [0.1, 0.15) is 0 Å². The summed E-state index contributed by atoms with van der Waals surface area (Å²) in [5.41, 5.74) is 0.729. The summed E-state index contributed by atoms with van der Waals surface area (Å²) in [6.45, 7) is 10.2. The van der Waals surface area contributed by atoms with Gasteiger partial charge in [0.25, 0.3) is 0 Å². The van der Waals surface area contributed by atoms with Crippen molar-refractivity contribution in [3.8, 4) is 0 Å². The maximum Gasteiger partial charge on any atom is 0.0546 e. The van der Waals surface area contributed by atoms with Gasteiger partial charge in [0, 0.05) is 30.7 Å². The second-order valence-corrected chi connectivity index (χ2v) is 6.52. The molecule has 0 aromatic carbocycles. The van der Waals surface area contributed by atoms with Gasteiger partial charge in [0.2, 0.25) is 0 Å².